The van der Waals surface area contributed by atoms with Crippen LogP contribution < -0.4 is 11.1 Å². The van der Waals surface area contributed by atoms with E-state index < -0.39 is 22.1 Å². The molecule has 15 heteroatoms. The summed E-state index contributed by atoms with van der Waals surface area (Å²) in [5.74, 6) is -2.26. The first-order valence-electron chi connectivity index (χ1n) is 9.18. The van der Waals surface area contributed by atoms with Crippen molar-refractivity contribution in [1.29, 1.82) is 0 Å². The Kier molecular flexibility index (Phi) is 6.52. The van der Waals surface area contributed by atoms with Crippen LogP contribution in [0.1, 0.15) is 17.7 Å². The number of aromatic nitrogens is 2. The molecule has 2 amide bonds. The predicted molar refractivity (Wildman–Crippen MR) is 125 cm³/mol. The summed E-state index contributed by atoms with van der Waals surface area (Å²) in [6, 6.07) is 3.54. The van der Waals surface area contributed by atoms with Gasteiger partial charge in [-0.15, -0.1) is 11.8 Å². The molecule has 1 saturated heterocycles. The van der Waals surface area contributed by atoms with E-state index in [0.717, 1.165) is 40.4 Å². The molecular weight excluding hydrogens is 512 g/mol. The molecular formula is C18H15ClN6O5S3. The van der Waals surface area contributed by atoms with Crippen LogP contribution in [0, 0.1) is 0 Å². The SMILES string of the molecule is Nc1nc(C2(NC(=O)/C=N\O)S[C@@H]3CC(=O)N3C(C(=O)O)=C2SCc2cccnc2)c(Cl)s1. The molecule has 1 fully saturated rings. The third-order valence-electron chi connectivity index (χ3n) is 4.71. The van der Waals surface area contributed by atoms with Crippen LogP contribution in [0.3, 0.4) is 0 Å². The first kappa shape index (κ1) is 23.4. The summed E-state index contributed by atoms with van der Waals surface area (Å²) in [5, 5.41) is 23.9. The number of anilines is 1. The number of carboxylic acid groups (broad SMARTS) is 1. The molecule has 33 heavy (non-hydrogen) atoms. The number of nitrogens with one attached hydrogen (secondary N) is 1. The highest BCUT2D eigenvalue weighted by atomic mass is 35.5. The van der Waals surface area contributed by atoms with E-state index in [1.807, 2.05) is 0 Å². The molecule has 1 unspecified atom stereocenters. The largest absolute Gasteiger partial charge is 0.477 e. The number of oxime groups is 1. The van der Waals surface area contributed by atoms with E-state index >= 15 is 0 Å². The van der Waals surface area contributed by atoms with Gasteiger partial charge in [-0.1, -0.05) is 45.9 Å². The normalized spacial score (nSPS) is 22.3. The summed E-state index contributed by atoms with van der Waals surface area (Å²) in [6.45, 7) is 0. The molecule has 0 radical (unpaired) electrons. The average molecular weight is 527 g/mol. The molecule has 0 aliphatic carbocycles. The average Bonchev–Trinajstić information content (AvgIpc) is 3.11. The van der Waals surface area contributed by atoms with E-state index in [-0.39, 0.29) is 43.8 Å². The Morgan fingerprint density at radius 2 is 2.30 bits per heavy atom. The molecule has 11 nitrogen and oxygen atoms in total. The highest BCUT2D eigenvalue weighted by Gasteiger charge is 2.58. The van der Waals surface area contributed by atoms with Crippen LogP contribution in [0.5, 0.6) is 0 Å². The number of hydrogen-bond donors (Lipinski definition) is 4. The number of β-lactam (4-membered cyclic amide) rings is 1. The molecule has 0 bridgehead atoms. The number of thioether (sulfide) groups is 2. The zero-order valence-corrected chi connectivity index (χ0v) is 19.7. The van der Waals surface area contributed by atoms with Gasteiger partial charge in [-0.2, -0.15) is 0 Å². The molecule has 2 aliphatic heterocycles. The van der Waals surface area contributed by atoms with E-state index in [1.165, 1.54) is 4.90 Å². The maximum Gasteiger partial charge on any atom is 0.353 e. The fourth-order valence-electron chi connectivity index (χ4n) is 3.39. The lowest BCUT2D eigenvalue weighted by Crippen LogP contribution is -2.60. The van der Waals surface area contributed by atoms with Crippen LogP contribution in [0.25, 0.3) is 0 Å². The van der Waals surface area contributed by atoms with Crippen molar-refractivity contribution in [2.75, 3.05) is 5.73 Å². The van der Waals surface area contributed by atoms with Gasteiger partial charge in [-0.3, -0.25) is 19.5 Å². The van der Waals surface area contributed by atoms with Crippen molar-refractivity contribution >= 4 is 75.6 Å². The van der Waals surface area contributed by atoms with Gasteiger partial charge in [0.2, 0.25) is 5.91 Å². The van der Waals surface area contributed by atoms with Crippen molar-refractivity contribution < 1.29 is 24.7 Å². The smallest absolute Gasteiger partial charge is 0.353 e. The van der Waals surface area contributed by atoms with Gasteiger partial charge < -0.3 is 21.4 Å². The predicted octanol–water partition coefficient (Wildman–Crippen LogP) is 2.04. The topological polar surface area (TPSA) is 171 Å². The second kappa shape index (κ2) is 9.21. The van der Waals surface area contributed by atoms with Gasteiger partial charge in [-0.05, 0) is 11.6 Å². The number of nitrogen functional groups attached to an aromatic ring is 1. The fourth-order valence-corrected chi connectivity index (χ4v) is 7.61. The Morgan fingerprint density at radius 3 is 2.88 bits per heavy atom. The minimum atomic E-state index is -1.61. The van der Waals surface area contributed by atoms with Gasteiger partial charge in [0.15, 0.2) is 10.0 Å². The third kappa shape index (κ3) is 4.26. The molecule has 0 aromatic carbocycles. The highest BCUT2D eigenvalue weighted by Crippen LogP contribution is 2.58. The summed E-state index contributed by atoms with van der Waals surface area (Å²) < 4.78 is 0.143. The third-order valence-corrected chi connectivity index (χ3v) is 8.69. The summed E-state index contributed by atoms with van der Waals surface area (Å²) >= 11 is 9.59. The number of carboxylic acids is 1. The number of carbonyl (C=O) groups is 3. The Labute approximate surface area is 204 Å². The lowest BCUT2D eigenvalue weighted by Gasteiger charge is -2.51. The van der Waals surface area contributed by atoms with Gasteiger partial charge in [0.1, 0.15) is 21.9 Å². The molecule has 2 aromatic heterocycles. The molecule has 172 valence electrons. The van der Waals surface area contributed by atoms with Crippen LogP contribution in [-0.2, 0) is 25.0 Å². The van der Waals surface area contributed by atoms with E-state index in [1.54, 1.807) is 24.5 Å². The van der Waals surface area contributed by atoms with Crippen LogP contribution in [0.2, 0.25) is 4.34 Å². The summed E-state index contributed by atoms with van der Waals surface area (Å²) in [4.78, 5) is 45.4. The van der Waals surface area contributed by atoms with Crippen LogP contribution in [0.15, 0.2) is 40.3 Å². The Balaban J connectivity index is 1.93. The number of rotatable bonds is 7. The number of nitrogens with zero attached hydrogens (tertiary/aromatic N) is 4. The Hall–Kier alpha value is -2.81. The standard InChI is InChI=1S/C18H15ClN6O5S3/c19-15-13(23-17(20)32-15)18(24-9(26)6-22-30)14(31-7-8-2-1-3-21-5-8)12(16(28)29)25-10(27)4-11(25)33-18/h1-3,5-6,11,30H,4,7H2,(H2,20,23)(H,24,26)(H,28,29)/b22-6-/t11-,18?/m1/s1. The number of aliphatic carboxylic acids is 1. The van der Waals surface area contributed by atoms with E-state index in [4.69, 9.17) is 22.5 Å². The van der Waals surface area contributed by atoms with Crippen molar-refractivity contribution in [3.05, 3.63) is 50.7 Å². The van der Waals surface area contributed by atoms with Gasteiger partial charge in [0.05, 0.1) is 16.7 Å². The van der Waals surface area contributed by atoms with E-state index in [9.17, 15) is 19.5 Å². The highest BCUT2D eigenvalue weighted by molar-refractivity contribution is 8.06. The quantitative estimate of drug-likeness (QED) is 0.181. The minimum absolute atomic E-state index is 0.0605. The number of carbonyl (C=O) groups excluding carboxylic acids is 2. The monoisotopic (exact) mass is 526 g/mol. The maximum absolute atomic E-state index is 12.6. The molecule has 2 aliphatic rings. The zero-order chi connectivity index (χ0) is 23.8. The number of hydrogen-bond acceptors (Lipinski definition) is 11. The van der Waals surface area contributed by atoms with Crippen LogP contribution in [-0.4, -0.2) is 54.6 Å². The Bertz CT molecular complexity index is 1190. The molecule has 0 saturated carbocycles. The van der Waals surface area contributed by atoms with Crippen molar-refractivity contribution in [1.82, 2.24) is 20.2 Å². The molecule has 4 heterocycles. The van der Waals surface area contributed by atoms with E-state index in [2.05, 4.69) is 20.4 Å². The number of amides is 2. The zero-order valence-electron chi connectivity index (χ0n) is 16.5. The summed E-state index contributed by atoms with van der Waals surface area (Å²) in [7, 11) is 0. The second-order valence-corrected chi connectivity index (χ2v) is 10.8. The molecule has 2 atom stereocenters. The van der Waals surface area contributed by atoms with Crippen LogP contribution >= 0.6 is 46.5 Å². The van der Waals surface area contributed by atoms with Gasteiger partial charge in [0.25, 0.3) is 5.91 Å². The van der Waals surface area contributed by atoms with E-state index in [0.29, 0.717) is 6.21 Å². The molecule has 4 rings (SSSR count). The number of thiazole rings is 1. The Morgan fingerprint density at radius 1 is 1.52 bits per heavy atom. The van der Waals surface area contributed by atoms with Crippen molar-refractivity contribution in [2.45, 2.75) is 22.4 Å². The molecule has 5 N–H and O–H groups in total. The van der Waals surface area contributed by atoms with Crippen molar-refractivity contribution in [2.24, 2.45) is 5.16 Å². The maximum atomic E-state index is 12.6. The van der Waals surface area contributed by atoms with Gasteiger partial charge >= 0.3 is 5.97 Å². The van der Waals surface area contributed by atoms with Crippen LogP contribution in [0.4, 0.5) is 5.13 Å². The minimum Gasteiger partial charge on any atom is -0.477 e. The summed E-state index contributed by atoms with van der Waals surface area (Å²) in [6.07, 6.45) is 3.92. The fraction of sp³-hybridized carbons (Fsp3) is 0.222. The first-order valence-corrected chi connectivity index (χ1v) is 12.2. The number of pyridine rings is 1. The van der Waals surface area contributed by atoms with Gasteiger partial charge in [0, 0.05) is 18.1 Å². The number of nitrogens with two attached hydrogens (primary N) is 1. The van der Waals surface area contributed by atoms with Gasteiger partial charge in [-0.25, -0.2) is 9.78 Å². The summed E-state index contributed by atoms with van der Waals surface area (Å²) in [5.41, 5.74) is 6.48. The molecule has 0 spiro atoms. The lowest BCUT2D eigenvalue weighted by molar-refractivity contribution is -0.146. The number of halogens is 1. The number of fused-ring (bicyclic) bond motifs is 1. The van der Waals surface area contributed by atoms with Crippen molar-refractivity contribution in [3.8, 4) is 0 Å². The van der Waals surface area contributed by atoms with Crippen molar-refractivity contribution in [3.63, 3.8) is 0 Å². The second-order valence-electron chi connectivity index (χ2n) is 6.76. The molecule has 2 aromatic rings. The first-order chi connectivity index (χ1) is 15.8. The lowest BCUT2D eigenvalue weighted by atomic mass is 10.1.